The Morgan fingerprint density at radius 2 is 1.79 bits per heavy atom. The summed E-state index contributed by atoms with van der Waals surface area (Å²) in [6.45, 7) is 3.08. The summed E-state index contributed by atoms with van der Waals surface area (Å²) in [7, 11) is -3.46. The Hall–Kier alpha value is -2.79. The van der Waals surface area contributed by atoms with Crippen LogP contribution >= 0.6 is 0 Å². The van der Waals surface area contributed by atoms with Crippen molar-refractivity contribution in [2.24, 2.45) is 0 Å². The fraction of sp³-hybridized carbons (Fsp3) is 0.545. The molecule has 0 unspecified atom stereocenters. The molecule has 33 heavy (non-hydrogen) atoms. The van der Waals surface area contributed by atoms with E-state index in [0.29, 0.717) is 31.0 Å². The third kappa shape index (κ3) is 5.25. The topological polar surface area (TPSA) is 118 Å². The Balaban J connectivity index is 1.69. The number of sulfonamides is 1. The van der Waals surface area contributed by atoms with E-state index in [1.807, 2.05) is 37.3 Å². The van der Waals surface area contributed by atoms with Gasteiger partial charge >= 0.3 is 0 Å². The highest BCUT2D eigenvalue weighted by Crippen LogP contribution is 2.23. The molecule has 2 atom stereocenters. The van der Waals surface area contributed by atoms with Crippen LogP contribution in [0.4, 0.5) is 0 Å². The van der Waals surface area contributed by atoms with E-state index >= 15 is 0 Å². The standard InChI is InChI=1S/C22H30N6O4S/c1-16-21-24-20(17-8-4-3-5-9-17)25-28(21)15-14-26(33(2,31)32)12-7-11-19(29)27-13-6-10-18(27)22(30)23-16/h3-5,8-9,16,18H,6-7,10-15H2,1-2H3,(H,23,30)/t16-,18-/m0/s1. The predicted molar refractivity (Wildman–Crippen MR) is 122 cm³/mol. The van der Waals surface area contributed by atoms with Crippen molar-refractivity contribution in [3.05, 3.63) is 36.2 Å². The van der Waals surface area contributed by atoms with Gasteiger partial charge in [0, 0.05) is 31.6 Å². The van der Waals surface area contributed by atoms with Crippen LogP contribution in [0.15, 0.2) is 30.3 Å². The normalized spacial score (nSPS) is 23.5. The number of nitrogens with one attached hydrogen (secondary N) is 1. The van der Waals surface area contributed by atoms with E-state index in [4.69, 9.17) is 0 Å². The smallest absolute Gasteiger partial charge is 0.243 e. The van der Waals surface area contributed by atoms with Crippen LogP contribution in [0.25, 0.3) is 11.4 Å². The van der Waals surface area contributed by atoms with E-state index in [-0.39, 0.29) is 37.9 Å². The summed E-state index contributed by atoms with van der Waals surface area (Å²) < 4.78 is 27.8. The van der Waals surface area contributed by atoms with E-state index in [1.165, 1.54) is 10.6 Å². The largest absolute Gasteiger partial charge is 0.345 e. The minimum absolute atomic E-state index is 0.111. The molecular weight excluding hydrogens is 444 g/mol. The molecule has 1 N–H and O–H groups in total. The van der Waals surface area contributed by atoms with E-state index in [9.17, 15) is 18.0 Å². The van der Waals surface area contributed by atoms with Crippen molar-refractivity contribution in [1.29, 1.82) is 0 Å². The summed E-state index contributed by atoms with van der Waals surface area (Å²) in [5.41, 5.74) is 0.835. The number of carbonyl (C=O) groups is 2. The molecule has 178 valence electrons. The predicted octanol–water partition coefficient (Wildman–Crippen LogP) is 1.17. The zero-order valence-corrected chi connectivity index (χ0v) is 19.8. The van der Waals surface area contributed by atoms with Crippen LogP contribution in [0.2, 0.25) is 0 Å². The molecule has 0 bridgehead atoms. The Morgan fingerprint density at radius 1 is 1.03 bits per heavy atom. The molecule has 1 saturated heterocycles. The molecule has 1 fully saturated rings. The third-order valence-corrected chi connectivity index (χ3v) is 7.49. The number of hydrogen-bond donors (Lipinski definition) is 1. The van der Waals surface area contributed by atoms with Crippen molar-refractivity contribution < 1.29 is 18.0 Å². The number of benzene rings is 1. The molecule has 2 aliphatic rings. The van der Waals surface area contributed by atoms with Crippen molar-refractivity contribution in [1.82, 2.24) is 29.3 Å². The highest BCUT2D eigenvalue weighted by molar-refractivity contribution is 7.88. The van der Waals surface area contributed by atoms with Gasteiger partial charge in [0.1, 0.15) is 11.9 Å². The van der Waals surface area contributed by atoms with Crippen LogP contribution in [0.3, 0.4) is 0 Å². The van der Waals surface area contributed by atoms with Gasteiger partial charge in [0.15, 0.2) is 5.82 Å². The van der Waals surface area contributed by atoms with E-state index in [1.54, 1.807) is 9.58 Å². The molecular formula is C22H30N6O4S. The van der Waals surface area contributed by atoms with Crippen LogP contribution < -0.4 is 5.32 Å². The van der Waals surface area contributed by atoms with Gasteiger partial charge in [0.25, 0.3) is 0 Å². The van der Waals surface area contributed by atoms with E-state index in [0.717, 1.165) is 12.0 Å². The van der Waals surface area contributed by atoms with Crippen LogP contribution in [-0.4, -0.2) is 76.1 Å². The summed E-state index contributed by atoms with van der Waals surface area (Å²) in [6.07, 6.45) is 3.16. The van der Waals surface area contributed by atoms with Crippen molar-refractivity contribution in [2.45, 2.75) is 51.2 Å². The maximum atomic E-state index is 13.0. The van der Waals surface area contributed by atoms with Gasteiger partial charge in [-0.25, -0.2) is 22.4 Å². The molecule has 2 aliphatic heterocycles. The van der Waals surface area contributed by atoms with E-state index in [2.05, 4.69) is 15.4 Å². The Labute approximate surface area is 194 Å². The fourth-order valence-corrected chi connectivity index (χ4v) is 5.33. The summed E-state index contributed by atoms with van der Waals surface area (Å²) in [5.74, 6) is 0.752. The zero-order chi connectivity index (χ0) is 23.6. The van der Waals surface area contributed by atoms with Gasteiger partial charge in [-0.3, -0.25) is 9.59 Å². The summed E-state index contributed by atoms with van der Waals surface area (Å²) in [5, 5.41) is 7.63. The lowest BCUT2D eigenvalue weighted by atomic mass is 10.1. The third-order valence-electron chi connectivity index (χ3n) is 6.18. The van der Waals surface area contributed by atoms with Crippen LogP contribution in [0.1, 0.15) is 44.5 Å². The summed E-state index contributed by atoms with van der Waals surface area (Å²) >= 11 is 0. The van der Waals surface area contributed by atoms with Crippen LogP contribution in [0, 0.1) is 0 Å². The highest BCUT2D eigenvalue weighted by Gasteiger charge is 2.35. The monoisotopic (exact) mass is 474 g/mol. The molecule has 1 aromatic carbocycles. The average molecular weight is 475 g/mol. The van der Waals surface area contributed by atoms with Crippen LogP contribution in [0.5, 0.6) is 0 Å². The maximum absolute atomic E-state index is 13.0. The number of hydrogen-bond acceptors (Lipinski definition) is 6. The minimum Gasteiger partial charge on any atom is -0.345 e. The van der Waals surface area contributed by atoms with Gasteiger partial charge in [-0.05, 0) is 26.2 Å². The maximum Gasteiger partial charge on any atom is 0.243 e. The average Bonchev–Trinajstić information content (AvgIpc) is 3.43. The number of rotatable bonds is 2. The molecule has 4 rings (SSSR count). The van der Waals surface area contributed by atoms with Crippen molar-refractivity contribution in [3.63, 3.8) is 0 Å². The molecule has 10 nitrogen and oxygen atoms in total. The highest BCUT2D eigenvalue weighted by atomic mass is 32.2. The minimum atomic E-state index is -3.46. The SMILES string of the molecule is C[C@@H]1NC(=O)[C@@H]2CCCN2C(=O)CCCN(S(C)(=O)=O)CCn2nc(-c3ccccc3)nc21. The first-order valence-corrected chi connectivity index (χ1v) is 13.1. The lowest BCUT2D eigenvalue weighted by molar-refractivity contribution is -0.138. The molecule has 0 spiro atoms. The molecule has 0 aliphatic carbocycles. The first-order valence-electron chi connectivity index (χ1n) is 11.3. The number of nitrogens with zero attached hydrogens (tertiary/aromatic N) is 5. The first kappa shape index (κ1) is 23.4. The second-order valence-corrected chi connectivity index (χ2v) is 10.6. The lowest BCUT2D eigenvalue weighted by Crippen LogP contribution is -2.47. The van der Waals surface area contributed by atoms with Crippen molar-refractivity contribution >= 4 is 21.8 Å². The van der Waals surface area contributed by atoms with Gasteiger partial charge in [-0.2, -0.15) is 5.10 Å². The zero-order valence-electron chi connectivity index (χ0n) is 19.0. The van der Waals surface area contributed by atoms with Crippen molar-refractivity contribution in [3.8, 4) is 11.4 Å². The fourth-order valence-electron chi connectivity index (χ4n) is 4.46. The van der Waals surface area contributed by atoms with Gasteiger partial charge in [0.2, 0.25) is 21.8 Å². The van der Waals surface area contributed by atoms with Gasteiger partial charge in [0.05, 0.1) is 18.8 Å². The second-order valence-electron chi connectivity index (χ2n) is 8.62. The van der Waals surface area contributed by atoms with Gasteiger partial charge in [-0.1, -0.05) is 30.3 Å². The van der Waals surface area contributed by atoms with Gasteiger partial charge in [-0.15, -0.1) is 0 Å². The summed E-state index contributed by atoms with van der Waals surface area (Å²) in [6, 6.07) is 8.53. The molecule has 2 aromatic rings. The molecule has 0 radical (unpaired) electrons. The molecule has 11 heteroatoms. The number of amides is 2. The number of carbonyl (C=O) groups excluding carboxylic acids is 2. The molecule has 2 amide bonds. The summed E-state index contributed by atoms with van der Waals surface area (Å²) in [4.78, 5) is 32.1. The number of aromatic nitrogens is 3. The first-order chi connectivity index (χ1) is 15.7. The molecule has 0 saturated carbocycles. The number of fused-ring (bicyclic) bond motifs is 2. The van der Waals surface area contributed by atoms with E-state index < -0.39 is 22.1 Å². The second kappa shape index (κ2) is 9.60. The Kier molecular flexibility index (Phi) is 6.80. The quantitative estimate of drug-likeness (QED) is 0.698. The lowest BCUT2D eigenvalue weighted by Gasteiger charge is -2.27. The molecule has 1 aromatic heterocycles. The Bertz CT molecular complexity index is 1120. The van der Waals surface area contributed by atoms with Crippen molar-refractivity contribution in [2.75, 3.05) is 25.9 Å². The van der Waals surface area contributed by atoms with Crippen LogP contribution in [-0.2, 0) is 26.2 Å². The van der Waals surface area contributed by atoms with Gasteiger partial charge < -0.3 is 10.2 Å². The molecule has 3 heterocycles. The Morgan fingerprint density at radius 3 is 2.52 bits per heavy atom.